The molecule has 146 valence electrons. The van der Waals surface area contributed by atoms with Crippen LogP contribution in [0, 0.1) is 0 Å². The van der Waals surface area contributed by atoms with Crippen molar-refractivity contribution < 1.29 is 22.7 Å². The summed E-state index contributed by atoms with van der Waals surface area (Å²) < 4.78 is 45.7. The average Bonchev–Trinajstić information content (AvgIpc) is 3.04. The van der Waals surface area contributed by atoms with Crippen LogP contribution >= 0.6 is 11.3 Å². The lowest BCUT2D eigenvalue weighted by Gasteiger charge is -2.12. The van der Waals surface area contributed by atoms with Gasteiger partial charge in [-0.2, -0.15) is 13.2 Å². The third-order valence-corrected chi connectivity index (χ3v) is 5.76. The molecular weight excluding hydrogens is 393 g/mol. The van der Waals surface area contributed by atoms with Crippen LogP contribution in [0.5, 0.6) is 0 Å². The maximum atomic E-state index is 13.0. The molecule has 0 amide bonds. The zero-order valence-corrected chi connectivity index (χ0v) is 15.4. The van der Waals surface area contributed by atoms with Crippen molar-refractivity contribution in [3.63, 3.8) is 0 Å². The summed E-state index contributed by atoms with van der Waals surface area (Å²) in [4.78, 5) is 30.6. The molecule has 5 nitrogen and oxygen atoms in total. The summed E-state index contributed by atoms with van der Waals surface area (Å²) in [5.41, 5.74) is -0.715. The van der Waals surface area contributed by atoms with E-state index in [2.05, 4.69) is 4.98 Å². The van der Waals surface area contributed by atoms with Gasteiger partial charge >= 0.3 is 12.1 Å². The zero-order valence-electron chi connectivity index (χ0n) is 14.6. The van der Waals surface area contributed by atoms with Crippen LogP contribution in [0.3, 0.4) is 0 Å². The van der Waals surface area contributed by atoms with E-state index in [4.69, 9.17) is 4.74 Å². The second-order valence-corrected chi connectivity index (χ2v) is 7.56. The Morgan fingerprint density at radius 2 is 1.96 bits per heavy atom. The molecule has 3 aromatic rings. The number of thiazole rings is 1. The fraction of sp³-hybridized carbons (Fsp3) is 0.316. The largest absolute Gasteiger partial charge is 0.456 e. The first-order chi connectivity index (χ1) is 13.3. The highest BCUT2D eigenvalue weighted by atomic mass is 32.1. The van der Waals surface area contributed by atoms with Gasteiger partial charge in [0.05, 0.1) is 16.8 Å². The van der Waals surface area contributed by atoms with Crippen molar-refractivity contribution in [1.82, 2.24) is 9.38 Å². The molecule has 0 N–H and O–H groups in total. The molecule has 1 aliphatic rings. The lowest BCUT2D eigenvalue weighted by atomic mass is 10.0. The number of hydrogen-bond acceptors (Lipinski definition) is 5. The van der Waals surface area contributed by atoms with Crippen molar-refractivity contribution in [3.8, 4) is 0 Å². The number of esters is 1. The van der Waals surface area contributed by atoms with Gasteiger partial charge in [-0.15, -0.1) is 11.3 Å². The Hall–Kier alpha value is -2.68. The second kappa shape index (κ2) is 7.05. The second-order valence-electron chi connectivity index (χ2n) is 6.50. The molecule has 0 unspecified atom stereocenters. The number of aromatic nitrogens is 2. The number of halogens is 3. The Bertz CT molecular complexity index is 1120. The van der Waals surface area contributed by atoms with Crippen LogP contribution in [0.2, 0.25) is 0 Å². The molecule has 0 radical (unpaired) electrons. The number of alkyl halides is 3. The topological polar surface area (TPSA) is 60.7 Å². The number of fused-ring (bicyclic) bond motifs is 3. The van der Waals surface area contributed by atoms with E-state index >= 15 is 0 Å². The van der Waals surface area contributed by atoms with Gasteiger partial charge in [0, 0.05) is 16.6 Å². The van der Waals surface area contributed by atoms with Crippen LogP contribution in [0.4, 0.5) is 13.2 Å². The highest BCUT2D eigenvalue weighted by Crippen LogP contribution is 2.32. The Morgan fingerprint density at radius 3 is 2.75 bits per heavy atom. The Kier molecular flexibility index (Phi) is 4.70. The lowest BCUT2D eigenvalue weighted by molar-refractivity contribution is -0.138. The molecule has 4 rings (SSSR count). The fourth-order valence-corrected chi connectivity index (χ4v) is 4.57. The average molecular weight is 408 g/mol. The van der Waals surface area contributed by atoms with E-state index in [0.717, 1.165) is 48.4 Å². The van der Waals surface area contributed by atoms with Gasteiger partial charge in [0.15, 0.2) is 4.96 Å². The minimum absolute atomic E-state index is 0.210. The first kappa shape index (κ1) is 18.7. The normalized spacial score (nSPS) is 14.1. The summed E-state index contributed by atoms with van der Waals surface area (Å²) in [6.07, 6.45) is -0.858. The van der Waals surface area contributed by atoms with Crippen molar-refractivity contribution >= 4 is 22.3 Å². The van der Waals surface area contributed by atoms with Gasteiger partial charge in [0.1, 0.15) is 6.61 Å². The molecule has 9 heteroatoms. The predicted molar refractivity (Wildman–Crippen MR) is 96.5 cm³/mol. The van der Waals surface area contributed by atoms with Gasteiger partial charge in [-0.1, -0.05) is 12.1 Å². The van der Waals surface area contributed by atoms with Crippen molar-refractivity contribution in [2.75, 3.05) is 0 Å². The summed E-state index contributed by atoms with van der Waals surface area (Å²) in [7, 11) is 0. The number of aryl methyl sites for hydroxylation is 2. The highest BCUT2D eigenvalue weighted by Gasteiger charge is 2.35. The van der Waals surface area contributed by atoms with Gasteiger partial charge in [0.2, 0.25) is 0 Å². The van der Waals surface area contributed by atoms with Crippen LogP contribution in [0.15, 0.2) is 35.1 Å². The highest BCUT2D eigenvalue weighted by molar-refractivity contribution is 7.17. The summed E-state index contributed by atoms with van der Waals surface area (Å²) in [6, 6.07) is 5.68. The van der Waals surface area contributed by atoms with Gasteiger partial charge in [-0.3, -0.25) is 9.20 Å². The number of nitrogens with zero attached hydrogens (tertiary/aromatic N) is 2. The van der Waals surface area contributed by atoms with E-state index in [1.54, 1.807) is 4.40 Å². The number of carbonyl (C=O) groups excluding carboxylic acids is 1. The molecular formula is C19H15F3N2O3S. The van der Waals surface area contributed by atoms with Crippen LogP contribution in [0.25, 0.3) is 4.96 Å². The van der Waals surface area contributed by atoms with Crippen molar-refractivity contribution in [1.29, 1.82) is 0 Å². The summed E-state index contributed by atoms with van der Waals surface area (Å²) in [5, 5.41) is 0. The quantitative estimate of drug-likeness (QED) is 0.615. The number of hydrogen-bond donors (Lipinski definition) is 0. The number of benzene rings is 1. The van der Waals surface area contributed by atoms with E-state index in [1.807, 2.05) is 0 Å². The van der Waals surface area contributed by atoms with Crippen LogP contribution < -0.4 is 5.56 Å². The Labute approximate surface area is 161 Å². The molecule has 0 bridgehead atoms. The van der Waals surface area contributed by atoms with Crippen molar-refractivity contribution in [2.45, 2.75) is 38.5 Å². The van der Waals surface area contributed by atoms with E-state index in [9.17, 15) is 22.8 Å². The zero-order chi connectivity index (χ0) is 19.9. The minimum Gasteiger partial charge on any atom is -0.456 e. The van der Waals surface area contributed by atoms with E-state index in [0.29, 0.717) is 4.96 Å². The molecule has 0 aliphatic heterocycles. The molecule has 0 fully saturated rings. The van der Waals surface area contributed by atoms with Crippen LogP contribution in [0.1, 0.15) is 45.0 Å². The van der Waals surface area contributed by atoms with Crippen LogP contribution in [-0.2, 0) is 30.4 Å². The SMILES string of the molecule is O=C(OCc1cc(=O)n2c3c(sc2n1)CCCC3)c1ccccc1C(F)(F)F. The van der Waals surface area contributed by atoms with E-state index < -0.39 is 23.3 Å². The molecule has 2 aromatic heterocycles. The molecule has 0 saturated carbocycles. The van der Waals surface area contributed by atoms with Crippen LogP contribution in [-0.4, -0.2) is 15.4 Å². The van der Waals surface area contributed by atoms with Gasteiger partial charge in [-0.25, -0.2) is 9.78 Å². The third kappa shape index (κ3) is 3.42. The van der Waals surface area contributed by atoms with E-state index in [1.165, 1.54) is 29.5 Å². The minimum atomic E-state index is -4.67. The van der Waals surface area contributed by atoms with Crippen molar-refractivity contribution in [2.24, 2.45) is 0 Å². The van der Waals surface area contributed by atoms with Gasteiger partial charge in [-0.05, 0) is 37.8 Å². The summed E-state index contributed by atoms with van der Waals surface area (Å²) in [6.45, 7) is -0.376. The lowest BCUT2D eigenvalue weighted by Crippen LogP contribution is -2.19. The first-order valence-electron chi connectivity index (χ1n) is 8.71. The predicted octanol–water partition coefficient (Wildman–Crippen LogP) is 4.01. The number of rotatable bonds is 3. The Morgan fingerprint density at radius 1 is 1.21 bits per heavy atom. The molecule has 0 spiro atoms. The first-order valence-corrected chi connectivity index (χ1v) is 9.53. The van der Waals surface area contributed by atoms with Gasteiger partial charge in [0.25, 0.3) is 5.56 Å². The molecule has 0 atom stereocenters. The summed E-state index contributed by atoms with van der Waals surface area (Å²) >= 11 is 1.43. The monoisotopic (exact) mass is 408 g/mol. The smallest absolute Gasteiger partial charge is 0.417 e. The molecule has 1 aliphatic carbocycles. The van der Waals surface area contributed by atoms with Gasteiger partial charge < -0.3 is 4.74 Å². The fourth-order valence-electron chi connectivity index (χ4n) is 3.34. The standard InChI is InChI=1S/C19H15F3N2O3S/c20-19(21,22)13-6-2-1-5-12(13)17(26)27-10-11-9-16(25)24-14-7-3-4-8-15(14)28-18(24)23-11/h1-2,5-6,9H,3-4,7-8,10H2. The maximum absolute atomic E-state index is 13.0. The van der Waals surface area contributed by atoms with Crippen molar-refractivity contribution in [3.05, 3.63) is 68.1 Å². The molecule has 1 aromatic carbocycles. The third-order valence-electron chi connectivity index (χ3n) is 4.62. The van der Waals surface area contributed by atoms with E-state index in [-0.39, 0.29) is 17.9 Å². The molecule has 28 heavy (non-hydrogen) atoms. The summed E-state index contributed by atoms with van der Waals surface area (Å²) in [5.74, 6) is -1.11. The molecule has 2 heterocycles. The Balaban J connectivity index is 1.58. The maximum Gasteiger partial charge on any atom is 0.417 e. The number of ether oxygens (including phenoxy) is 1. The number of carbonyl (C=O) groups is 1. The molecule has 0 saturated heterocycles.